The topological polar surface area (TPSA) is 75.3 Å². The summed E-state index contributed by atoms with van der Waals surface area (Å²) in [5, 5.41) is 2.77. The number of amides is 1. The van der Waals surface area contributed by atoms with Crippen LogP contribution in [0.4, 0.5) is 11.4 Å². The van der Waals surface area contributed by atoms with Crippen LogP contribution in [0.25, 0.3) is 0 Å². The first-order chi connectivity index (χ1) is 11.8. The second-order valence-corrected chi connectivity index (χ2v) is 9.01. The zero-order chi connectivity index (χ0) is 18.4. The summed E-state index contributed by atoms with van der Waals surface area (Å²) in [6.07, 6.45) is 1.33. The molecule has 0 bridgehead atoms. The molecule has 0 atom stereocenters. The summed E-state index contributed by atoms with van der Waals surface area (Å²) in [5.74, 6) is -0.379. The van der Waals surface area contributed by atoms with Gasteiger partial charge in [0.15, 0.2) is 0 Å². The Bertz CT molecular complexity index is 853. The molecule has 0 aliphatic heterocycles. The average molecular weight is 490 g/mol. The summed E-state index contributed by atoms with van der Waals surface area (Å²) in [5.41, 5.74) is 1.11. The second-order valence-electron chi connectivity index (χ2n) is 5.40. The lowest BCUT2D eigenvalue weighted by Crippen LogP contribution is -2.21. The van der Waals surface area contributed by atoms with Crippen LogP contribution in [-0.2, 0) is 10.0 Å². The molecule has 2 aromatic carbocycles. The zero-order valence-corrected chi connectivity index (χ0v) is 17.5. The molecule has 8 heteroatoms. The molecular formula is C17H18Br2N2O3S. The van der Waals surface area contributed by atoms with Crippen molar-refractivity contribution in [2.24, 2.45) is 0 Å². The van der Waals surface area contributed by atoms with Gasteiger partial charge in [-0.25, -0.2) is 8.42 Å². The van der Waals surface area contributed by atoms with Gasteiger partial charge in [-0.2, -0.15) is 0 Å². The fourth-order valence-electron chi connectivity index (χ4n) is 2.09. The van der Waals surface area contributed by atoms with Crippen LogP contribution in [0.15, 0.2) is 51.4 Å². The van der Waals surface area contributed by atoms with Crippen LogP contribution in [0.5, 0.6) is 0 Å². The van der Waals surface area contributed by atoms with E-state index in [1.54, 1.807) is 30.3 Å². The van der Waals surface area contributed by atoms with E-state index in [2.05, 4.69) is 41.9 Å². The monoisotopic (exact) mass is 488 g/mol. The van der Waals surface area contributed by atoms with Crippen molar-refractivity contribution in [3.05, 3.63) is 57.0 Å². The molecule has 0 saturated heterocycles. The van der Waals surface area contributed by atoms with E-state index in [-0.39, 0.29) is 17.0 Å². The standard InChI is InChI=1S/C17H18Br2N2O3S/c1-2-3-11-25(23,24)21-16-14(5-4-6-15(16)19)17(22)20-13-9-7-12(18)8-10-13/h4-10,21H,2-3,11H2,1H3,(H,20,22). The highest BCUT2D eigenvalue weighted by atomic mass is 79.9. The molecule has 0 spiro atoms. The lowest BCUT2D eigenvalue weighted by molar-refractivity contribution is 0.102. The van der Waals surface area contributed by atoms with Crippen LogP contribution in [0.3, 0.4) is 0 Å². The number of nitrogens with one attached hydrogen (secondary N) is 2. The Morgan fingerprint density at radius 2 is 1.76 bits per heavy atom. The van der Waals surface area contributed by atoms with Crippen molar-refractivity contribution in [3.8, 4) is 0 Å². The number of carbonyl (C=O) groups excluding carboxylic acids is 1. The van der Waals surface area contributed by atoms with E-state index in [0.717, 1.165) is 10.9 Å². The maximum Gasteiger partial charge on any atom is 0.257 e. The Morgan fingerprint density at radius 1 is 1.08 bits per heavy atom. The minimum Gasteiger partial charge on any atom is -0.322 e. The highest BCUT2D eigenvalue weighted by molar-refractivity contribution is 9.10. The van der Waals surface area contributed by atoms with Crippen LogP contribution in [0.1, 0.15) is 30.1 Å². The van der Waals surface area contributed by atoms with Crippen LogP contribution in [0, 0.1) is 0 Å². The van der Waals surface area contributed by atoms with E-state index in [0.29, 0.717) is 16.6 Å². The van der Waals surface area contributed by atoms with E-state index in [9.17, 15) is 13.2 Å². The van der Waals surface area contributed by atoms with Gasteiger partial charge in [0.2, 0.25) is 10.0 Å². The van der Waals surface area contributed by atoms with Gasteiger partial charge in [-0.3, -0.25) is 9.52 Å². The zero-order valence-electron chi connectivity index (χ0n) is 13.6. The molecule has 2 N–H and O–H groups in total. The molecule has 0 aliphatic carbocycles. The first-order valence-electron chi connectivity index (χ1n) is 7.68. The summed E-state index contributed by atoms with van der Waals surface area (Å²) in [7, 11) is -3.52. The average Bonchev–Trinajstić information content (AvgIpc) is 2.57. The molecule has 2 aromatic rings. The van der Waals surface area contributed by atoms with Gasteiger partial charge in [0, 0.05) is 14.6 Å². The third kappa shape index (κ3) is 5.83. The first-order valence-corrected chi connectivity index (χ1v) is 10.9. The van der Waals surface area contributed by atoms with Crippen LogP contribution < -0.4 is 10.0 Å². The number of carbonyl (C=O) groups is 1. The number of unbranched alkanes of at least 4 members (excludes halogenated alkanes) is 1. The smallest absolute Gasteiger partial charge is 0.257 e. The van der Waals surface area contributed by atoms with Gasteiger partial charge in [0.25, 0.3) is 5.91 Å². The SMILES string of the molecule is CCCCS(=O)(=O)Nc1c(Br)cccc1C(=O)Nc1ccc(Br)cc1. The van der Waals surface area contributed by atoms with E-state index in [1.165, 1.54) is 0 Å². The summed E-state index contributed by atoms with van der Waals surface area (Å²) in [6, 6.07) is 12.1. The van der Waals surface area contributed by atoms with Gasteiger partial charge in [-0.1, -0.05) is 35.3 Å². The van der Waals surface area contributed by atoms with Crippen molar-refractivity contribution >= 4 is 59.2 Å². The summed E-state index contributed by atoms with van der Waals surface area (Å²) < 4.78 is 28.4. The maximum absolute atomic E-state index is 12.6. The van der Waals surface area contributed by atoms with Crippen molar-refractivity contribution in [2.45, 2.75) is 19.8 Å². The molecule has 5 nitrogen and oxygen atoms in total. The molecule has 0 saturated carbocycles. The molecule has 2 rings (SSSR count). The third-order valence-electron chi connectivity index (χ3n) is 3.38. The quantitative estimate of drug-likeness (QED) is 0.574. The van der Waals surface area contributed by atoms with Crippen LogP contribution >= 0.6 is 31.9 Å². The van der Waals surface area contributed by atoms with E-state index < -0.39 is 15.9 Å². The minimum absolute atomic E-state index is 0.0125. The lowest BCUT2D eigenvalue weighted by Gasteiger charge is -2.14. The van der Waals surface area contributed by atoms with Crippen molar-refractivity contribution in [3.63, 3.8) is 0 Å². The first kappa shape index (κ1) is 19.9. The molecule has 0 radical (unpaired) electrons. The van der Waals surface area contributed by atoms with Gasteiger partial charge in [-0.15, -0.1) is 0 Å². The van der Waals surface area contributed by atoms with Gasteiger partial charge < -0.3 is 5.32 Å². The fraction of sp³-hybridized carbons (Fsp3) is 0.235. The second kappa shape index (κ2) is 8.82. The molecular weight excluding hydrogens is 472 g/mol. The number of benzene rings is 2. The number of anilines is 2. The summed E-state index contributed by atoms with van der Waals surface area (Å²) in [6.45, 7) is 1.92. The largest absolute Gasteiger partial charge is 0.322 e. The van der Waals surface area contributed by atoms with Gasteiger partial charge >= 0.3 is 0 Å². The molecule has 134 valence electrons. The van der Waals surface area contributed by atoms with E-state index in [4.69, 9.17) is 0 Å². The highest BCUT2D eigenvalue weighted by Crippen LogP contribution is 2.28. The Labute approximate surface area is 164 Å². The summed E-state index contributed by atoms with van der Waals surface area (Å²) >= 11 is 6.65. The fourth-order valence-corrected chi connectivity index (χ4v) is 4.25. The minimum atomic E-state index is -3.52. The van der Waals surface area contributed by atoms with E-state index >= 15 is 0 Å². The number of hydrogen-bond donors (Lipinski definition) is 2. The number of sulfonamides is 1. The molecule has 0 heterocycles. The van der Waals surface area contributed by atoms with Gasteiger partial charge in [-0.05, 0) is 58.7 Å². The van der Waals surface area contributed by atoms with Gasteiger partial charge in [0.1, 0.15) is 0 Å². The molecule has 0 unspecified atom stereocenters. The normalized spacial score (nSPS) is 11.2. The van der Waals surface area contributed by atoms with Crippen molar-refractivity contribution in [2.75, 3.05) is 15.8 Å². The van der Waals surface area contributed by atoms with Crippen molar-refractivity contribution < 1.29 is 13.2 Å². The highest BCUT2D eigenvalue weighted by Gasteiger charge is 2.19. The van der Waals surface area contributed by atoms with Crippen LogP contribution in [-0.4, -0.2) is 20.1 Å². The molecule has 1 amide bonds. The van der Waals surface area contributed by atoms with Crippen molar-refractivity contribution in [1.82, 2.24) is 0 Å². The number of hydrogen-bond acceptors (Lipinski definition) is 3. The third-order valence-corrected chi connectivity index (χ3v) is 5.92. The number of para-hydroxylation sites is 1. The summed E-state index contributed by atoms with van der Waals surface area (Å²) in [4.78, 5) is 12.6. The number of halogens is 2. The van der Waals surface area contributed by atoms with E-state index in [1.807, 2.05) is 19.1 Å². The lowest BCUT2D eigenvalue weighted by atomic mass is 10.1. The molecule has 0 aromatic heterocycles. The van der Waals surface area contributed by atoms with Crippen molar-refractivity contribution in [1.29, 1.82) is 0 Å². The predicted octanol–water partition coefficient (Wildman–Crippen LogP) is 5.01. The van der Waals surface area contributed by atoms with Gasteiger partial charge in [0.05, 0.1) is 17.0 Å². The molecule has 0 fully saturated rings. The molecule has 0 aliphatic rings. The Kier molecular flexibility index (Phi) is 7.04. The van der Waals surface area contributed by atoms with Crippen LogP contribution in [0.2, 0.25) is 0 Å². The number of rotatable bonds is 7. The Morgan fingerprint density at radius 3 is 2.40 bits per heavy atom. The Balaban J connectivity index is 2.27. The maximum atomic E-state index is 12.6. The molecule has 25 heavy (non-hydrogen) atoms. The Hall–Kier alpha value is -1.38. The predicted molar refractivity (Wildman–Crippen MR) is 109 cm³/mol.